The van der Waals surface area contributed by atoms with Gasteiger partial charge < -0.3 is 19.7 Å². The Morgan fingerprint density at radius 3 is 2.39 bits per heavy atom. The van der Waals surface area contributed by atoms with E-state index in [0.29, 0.717) is 25.0 Å². The first-order chi connectivity index (χ1) is 15.3. The number of hydrogen-bond acceptors (Lipinski definition) is 5. The van der Waals surface area contributed by atoms with E-state index < -0.39 is 13.9 Å². The molecule has 0 radical (unpaired) electrons. The molecule has 0 unspecified atom stereocenters. The summed E-state index contributed by atoms with van der Waals surface area (Å²) in [5.41, 5.74) is 3.45. The van der Waals surface area contributed by atoms with Gasteiger partial charge >= 0.3 is 5.97 Å². The molecule has 1 aromatic carbocycles. The lowest BCUT2D eigenvalue weighted by atomic mass is 9.98. The van der Waals surface area contributed by atoms with Gasteiger partial charge in [0, 0.05) is 14.7 Å². The molecule has 1 rings (SSSR count). The van der Waals surface area contributed by atoms with Gasteiger partial charge in [-0.2, -0.15) is 0 Å². The lowest BCUT2D eigenvalue weighted by Crippen LogP contribution is -2.29. The fourth-order valence-electron chi connectivity index (χ4n) is 3.50. The van der Waals surface area contributed by atoms with Gasteiger partial charge in [-0.3, -0.25) is 0 Å². The van der Waals surface area contributed by atoms with Crippen molar-refractivity contribution in [3.8, 4) is 0 Å². The van der Waals surface area contributed by atoms with Crippen LogP contribution < -0.4 is 0 Å². The maximum absolute atomic E-state index is 12.9. The molecule has 1 atom stereocenters. The van der Waals surface area contributed by atoms with Crippen molar-refractivity contribution in [2.24, 2.45) is 0 Å². The third-order valence-electron chi connectivity index (χ3n) is 5.07. The summed E-state index contributed by atoms with van der Waals surface area (Å²) in [5, 5.41) is 19.0. The number of aryl methyl sites for hydroxylation is 2. The Labute approximate surface area is 201 Å². The van der Waals surface area contributed by atoms with Gasteiger partial charge in [-0.25, -0.2) is 4.79 Å². The van der Waals surface area contributed by atoms with E-state index in [-0.39, 0.29) is 18.7 Å². The minimum absolute atomic E-state index is 0.141. The fraction of sp³-hybridized carbons (Fsp3) is 0.593. The molecule has 0 aliphatic carbocycles. The molecule has 0 aliphatic rings. The molecule has 0 bridgehead atoms. The maximum atomic E-state index is 12.9. The number of esters is 1. The second kappa shape index (κ2) is 13.8. The maximum Gasteiger partial charge on any atom is 0.338 e. The second-order valence-electron chi connectivity index (χ2n) is 10.4. The highest BCUT2D eigenvalue weighted by molar-refractivity contribution is 6.76. The van der Waals surface area contributed by atoms with Gasteiger partial charge in [0.05, 0.1) is 18.3 Å². The number of rotatable bonds is 14. The number of hydrogen-bond donors (Lipinski definition) is 2. The number of carbonyl (C=O) groups excluding carboxylic acids is 1. The van der Waals surface area contributed by atoms with Crippen molar-refractivity contribution in [2.45, 2.75) is 91.0 Å². The Bertz CT molecular complexity index is 800. The minimum Gasteiger partial charge on any atom is -0.462 e. The van der Waals surface area contributed by atoms with Crippen molar-refractivity contribution in [3.63, 3.8) is 0 Å². The summed E-state index contributed by atoms with van der Waals surface area (Å²) in [4.78, 5) is 12.9. The van der Waals surface area contributed by atoms with Crippen LogP contribution in [0, 0.1) is 13.8 Å². The van der Waals surface area contributed by atoms with Crippen molar-refractivity contribution < 1.29 is 24.5 Å². The van der Waals surface area contributed by atoms with Crippen LogP contribution in [0.25, 0.3) is 6.08 Å². The fourth-order valence-corrected chi connectivity index (χ4v) is 4.22. The molecule has 0 fully saturated rings. The van der Waals surface area contributed by atoms with Crippen LogP contribution in [-0.2, 0) is 9.47 Å². The summed E-state index contributed by atoms with van der Waals surface area (Å²) < 4.78 is 11.4. The molecule has 0 spiro atoms. The number of aliphatic hydroxyl groups is 2. The van der Waals surface area contributed by atoms with Crippen LogP contribution in [0.2, 0.25) is 25.7 Å². The van der Waals surface area contributed by atoms with Crippen molar-refractivity contribution in [1.82, 2.24) is 0 Å². The van der Waals surface area contributed by atoms with E-state index in [0.717, 1.165) is 35.6 Å². The van der Waals surface area contributed by atoms with E-state index in [1.807, 2.05) is 50.3 Å². The Hall–Kier alpha value is -1.73. The smallest absolute Gasteiger partial charge is 0.338 e. The molecule has 0 saturated heterocycles. The van der Waals surface area contributed by atoms with Crippen LogP contribution in [0.5, 0.6) is 0 Å². The van der Waals surface area contributed by atoms with Gasteiger partial charge in [-0.1, -0.05) is 61.6 Å². The van der Waals surface area contributed by atoms with Crippen molar-refractivity contribution in [2.75, 3.05) is 13.2 Å². The van der Waals surface area contributed by atoms with E-state index >= 15 is 0 Å². The van der Waals surface area contributed by atoms with Crippen LogP contribution >= 0.6 is 0 Å². The Morgan fingerprint density at radius 2 is 1.79 bits per heavy atom. The predicted octanol–water partition coefficient (Wildman–Crippen LogP) is 6.03. The molecule has 186 valence electrons. The highest BCUT2D eigenvalue weighted by Gasteiger charge is 2.20. The molecular formula is C27H44O5Si. The molecule has 0 saturated carbocycles. The first kappa shape index (κ1) is 29.3. The quantitative estimate of drug-likeness (QED) is 0.148. The van der Waals surface area contributed by atoms with Crippen LogP contribution in [0.1, 0.15) is 66.6 Å². The summed E-state index contributed by atoms with van der Waals surface area (Å²) in [5.74, 6) is -1.50. The van der Waals surface area contributed by atoms with Gasteiger partial charge in [0.25, 0.3) is 0 Å². The van der Waals surface area contributed by atoms with Crippen LogP contribution in [-0.4, -0.2) is 49.4 Å². The predicted molar refractivity (Wildman–Crippen MR) is 139 cm³/mol. The van der Waals surface area contributed by atoms with Crippen molar-refractivity contribution >= 4 is 20.1 Å². The van der Waals surface area contributed by atoms with Gasteiger partial charge in [0.15, 0.2) is 5.79 Å². The molecular weight excluding hydrogens is 432 g/mol. The van der Waals surface area contributed by atoms with Crippen molar-refractivity contribution in [3.05, 3.63) is 52.6 Å². The molecule has 0 amide bonds. The monoisotopic (exact) mass is 476 g/mol. The zero-order chi connectivity index (χ0) is 25.1. The second-order valence-corrected chi connectivity index (χ2v) is 16.0. The number of aliphatic hydroxyl groups excluding tert-OH is 1. The summed E-state index contributed by atoms with van der Waals surface area (Å²) >= 11 is 0. The Kier molecular flexibility index (Phi) is 12.3. The normalized spacial score (nSPS) is 13.7. The molecule has 5 nitrogen and oxygen atoms in total. The Balaban J connectivity index is 2.95. The first-order valence-electron chi connectivity index (χ1n) is 11.9. The average Bonchev–Trinajstić information content (AvgIpc) is 2.64. The minimum atomic E-state index is -1.28. The van der Waals surface area contributed by atoms with E-state index in [1.165, 1.54) is 0 Å². The van der Waals surface area contributed by atoms with E-state index in [1.54, 1.807) is 13.8 Å². The standard InChI is InChI=1S/C27H44O5Si/c1-21-19-22(2)25(26(29)31-17-18-33(5,6)7)23(20-21)13-12-15-24(32-27(3,4)30)14-10-8-9-11-16-28/h8-9,12-13,19-20,24,28,30H,10-11,14-18H2,1-7H3/b9-8-,13-12+/t24-/m1/s1. The molecule has 0 aromatic heterocycles. The number of carbonyl (C=O) groups is 1. The molecule has 0 heterocycles. The number of allylic oxidation sites excluding steroid dienone is 1. The molecule has 2 N–H and O–H groups in total. The third-order valence-corrected chi connectivity index (χ3v) is 6.77. The van der Waals surface area contributed by atoms with Crippen LogP contribution in [0.4, 0.5) is 0 Å². The molecule has 0 aliphatic heterocycles. The van der Waals surface area contributed by atoms with E-state index in [9.17, 15) is 9.90 Å². The topological polar surface area (TPSA) is 76.0 Å². The number of benzene rings is 1. The van der Waals surface area contributed by atoms with Crippen LogP contribution in [0.3, 0.4) is 0 Å². The first-order valence-corrected chi connectivity index (χ1v) is 15.6. The van der Waals surface area contributed by atoms with Crippen molar-refractivity contribution in [1.29, 1.82) is 0 Å². The molecule has 1 aromatic rings. The van der Waals surface area contributed by atoms with Gasteiger partial charge in [-0.05, 0) is 70.5 Å². The average molecular weight is 477 g/mol. The summed E-state index contributed by atoms with van der Waals surface area (Å²) in [6, 6.07) is 4.95. The third kappa shape index (κ3) is 12.9. The Morgan fingerprint density at radius 1 is 1.12 bits per heavy atom. The van der Waals surface area contributed by atoms with E-state index in [4.69, 9.17) is 14.6 Å². The lowest BCUT2D eigenvalue weighted by Gasteiger charge is -2.25. The molecule has 33 heavy (non-hydrogen) atoms. The van der Waals surface area contributed by atoms with Gasteiger partial charge in [0.2, 0.25) is 0 Å². The van der Waals surface area contributed by atoms with Gasteiger partial charge in [0.1, 0.15) is 0 Å². The summed E-state index contributed by atoms with van der Waals surface area (Å²) in [6.07, 6.45) is 10.6. The zero-order valence-electron chi connectivity index (χ0n) is 21.6. The summed E-state index contributed by atoms with van der Waals surface area (Å²) in [7, 11) is -1.28. The van der Waals surface area contributed by atoms with Gasteiger partial charge in [-0.15, -0.1) is 0 Å². The summed E-state index contributed by atoms with van der Waals surface area (Å²) in [6.45, 7) is 14.6. The SMILES string of the molecule is Cc1cc(C)c(C(=O)OCC[Si](C)(C)C)c(/C=C/C[C@@H](CC/C=C\CCO)OC(C)(C)O)c1. The van der Waals surface area contributed by atoms with Crippen LogP contribution in [0.15, 0.2) is 30.4 Å². The van der Waals surface area contributed by atoms with E-state index in [2.05, 4.69) is 19.6 Å². The highest BCUT2D eigenvalue weighted by Crippen LogP contribution is 2.22. The number of ether oxygens (including phenoxy) is 2. The largest absolute Gasteiger partial charge is 0.462 e. The lowest BCUT2D eigenvalue weighted by molar-refractivity contribution is -0.205. The zero-order valence-corrected chi connectivity index (χ0v) is 22.6. The highest BCUT2D eigenvalue weighted by atomic mass is 28.3. The molecule has 6 heteroatoms.